The van der Waals surface area contributed by atoms with Gasteiger partial charge in [0, 0.05) is 12.1 Å². The summed E-state index contributed by atoms with van der Waals surface area (Å²) in [6, 6.07) is 3.68. The third kappa shape index (κ3) is 2.99. The Bertz CT molecular complexity index is 347. The summed E-state index contributed by atoms with van der Waals surface area (Å²) < 4.78 is 25.9. The summed E-state index contributed by atoms with van der Waals surface area (Å²) in [5.74, 6) is -0.281. The SMILES string of the molecule is NC(Cc1ccc(F)cc1F)CC1CC1. The first kappa shape index (κ1) is 10.6. The lowest BCUT2D eigenvalue weighted by Crippen LogP contribution is -2.23. The lowest BCUT2D eigenvalue weighted by molar-refractivity contribution is 0.533. The Hall–Kier alpha value is -0.960. The van der Waals surface area contributed by atoms with Crippen molar-refractivity contribution >= 4 is 0 Å². The number of halogens is 2. The van der Waals surface area contributed by atoms with Crippen molar-refractivity contribution in [1.29, 1.82) is 0 Å². The van der Waals surface area contributed by atoms with E-state index in [-0.39, 0.29) is 6.04 Å². The van der Waals surface area contributed by atoms with Gasteiger partial charge in [-0.05, 0) is 30.4 Å². The van der Waals surface area contributed by atoms with Gasteiger partial charge in [0.15, 0.2) is 0 Å². The van der Waals surface area contributed by atoms with E-state index in [9.17, 15) is 8.78 Å². The van der Waals surface area contributed by atoms with Crippen LogP contribution in [0.2, 0.25) is 0 Å². The maximum absolute atomic E-state index is 13.3. The van der Waals surface area contributed by atoms with E-state index in [1.807, 2.05) is 0 Å². The zero-order chi connectivity index (χ0) is 10.8. The molecule has 1 fully saturated rings. The molecule has 0 aromatic heterocycles. The predicted molar refractivity (Wildman–Crippen MR) is 55.4 cm³/mol. The molecule has 15 heavy (non-hydrogen) atoms. The molecule has 0 radical (unpaired) electrons. The van der Waals surface area contributed by atoms with Crippen molar-refractivity contribution in [3.05, 3.63) is 35.4 Å². The molecule has 0 heterocycles. The number of rotatable bonds is 4. The standard InChI is InChI=1S/C12H15F2N/c13-10-4-3-9(12(14)7-10)6-11(15)5-8-1-2-8/h3-4,7-8,11H,1-2,5-6,15H2. The van der Waals surface area contributed by atoms with E-state index >= 15 is 0 Å². The number of hydrogen-bond donors (Lipinski definition) is 1. The van der Waals surface area contributed by atoms with E-state index in [0.29, 0.717) is 12.0 Å². The molecule has 1 aromatic carbocycles. The number of hydrogen-bond acceptors (Lipinski definition) is 1. The Kier molecular flexibility index (Phi) is 3.00. The van der Waals surface area contributed by atoms with Gasteiger partial charge in [-0.15, -0.1) is 0 Å². The van der Waals surface area contributed by atoms with Gasteiger partial charge in [-0.2, -0.15) is 0 Å². The Labute approximate surface area is 88.3 Å². The van der Waals surface area contributed by atoms with Crippen molar-refractivity contribution < 1.29 is 8.78 Å². The van der Waals surface area contributed by atoms with Crippen LogP contribution in [0.5, 0.6) is 0 Å². The van der Waals surface area contributed by atoms with Gasteiger partial charge >= 0.3 is 0 Å². The molecule has 1 aromatic rings. The second-order valence-electron chi connectivity index (χ2n) is 4.38. The Balaban J connectivity index is 1.96. The summed E-state index contributed by atoms with van der Waals surface area (Å²) >= 11 is 0. The van der Waals surface area contributed by atoms with Crippen LogP contribution in [0.25, 0.3) is 0 Å². The van der Waals surface area contributed by atoms with Crippen molar-refractivity contribution in [2.24, 2.45) is 11.7 Å². The Morgan fingerprint density at radius 2 is 2.07 bits per heavy atom. The van der Waals surface area contributed by atoms with Crippen LogP contribution in [0.1, 0.15) is 24.8 Å². The van der Waals surface area contributed by atoms with E-state index in [1.165, 1.54) is 25.0 Å². The average Bonchev–Trinajstić information content (AvgIpc) is 2.94. The monoisotopic (exact) mass is 211 g/mol. The molecule has 1 nitrogen and oxygen atoms in total. The third-order valence-corrected chi connectivity index (χ3v) is 2.83. The molecule has 1 unspecified atom stereocenters. The van der Waals surface area contributed by atoms with Crippen LogP contribution in [0.3, 0.4) is 0 Å². The van der Waals surface area contributed by atoms with Gasteiger partial charge < -0.3 is 5.73 Å². The van der Waals surface area contributed by atoms with Gasteiger partial charge in [-0.3, -0.25) is 0 Å². The second kappa shape index (κ2) is 4.27. The van der Waals surface area contributed by atoms with E-state index in [0.717, 1.165) is 18.4 Å². The molecule has 1 aliphatic carbocycles. The summed E-state index contributed by atoms with van der Waals surface area (Å²) in [4.78, 5) is 0. The van der Waals surface area contributed by atoms with Crippen molar-refractivity contribution in [3.63, 3.8) is 0 Å². The highest BCUT2D eigenvalue weighted by Gasteiger charge is 2.24. The van der Waals surface area contributed by atoms with Crippen LogP contribution in [0.4, 0.5) is 8.78 Å². The molecule has 1 atom stereocenters. The third-order valence-electron chi connectivity index (χ3n) is 2.83. The maximum Gasteiger partial charge on any atom is 0.129 e. The lowest BCUT2D eigenvalue weighted by atomic mass is 10.0. The predicted octanol–water partition coefficient (Wildman–Crippen LogP) is 2.63. The molecule has 2 rings (SSSR count). The van der Waals surface area contributed by atoms with Crippen LogP contribution in [-0.4, -0.2) is 6.04 Å². The van der Waals surface area contributed by atoms with Crippen LogP contribution >= 0.6 is 0 Å². The highest BCUT2D eigenvalue weighted by Crippen LogP contribution is 2.33. The van der Waals surface area contributed by atoms with Gasteiger partial charge in [0.1, 0.15) is 11.6 Å². The molecule has 0 bridgehead atoms. The minimum absolute atomic E-state index is 0.00235. The molecule has 0 spiro atoms. The quantitative estimate of drug-likeness (QED) is 0.814. The second-order valence-corrected chi connectivity index (χ2v) is 4.38. The molecule has 0 aliphatic heterocycles. The van der Waals surface area contributed by atoms with Crippen molar-refractivity contribution in [2.45, 2.75) is 31.7 Å². The normalized spacial score (nSPS) is 17.8. The Morgan fingerprint density at radius 3 is 2.67 bits per heavy atom. The van der Waals surface area contributed by atoms with Crippen LogP contribution in [-0.2, 0) is 6.42 Å². The van der Waals surface area contributed by atoms with Gasteiger partial charge in [-0.1, -0.05) is 18.9 Å². The molecule has 0 amide bonds. The molecule has 3 heteroatoms. The zero-order valence-corrected chi connectivity index (χ0v) is 8.55. The number of benzene rings is 1. The van der Waals surface area contributed by atoms with E-state index in [1.54, 1.807) is 0 Å². The minimum Gasteiger partial charge on any atom is -0.327 e. The first-order chi connectivity index (χ1) is 7.15. The first-order valence-electron chi connectivity index (χ1n) is 5.34. The largest absolute Gasteiger partial charge is 0.327 e. The van der Waals surface area contributed by atoms with Gasteiger partial charge in [0.2, 0.25) is 0 Å². The highest BCUT2D eigenvalue weighted by molar-refractivity contribution is 5.19. The smallest absolute Gasteiger partial charge is 0.129 e. The highest BCUT2D eigenvalue weighted by atomic mass is 19.1. The summed E-state index contributed by atoms with van der Waals surface area (Å²) in [6.45, 7) is 0. The van der Waals surface area contributed by atoms with E-state index in [4.69, 9.17) is 5.73 Å². The maximum atomic E-state index is 13.3. The molecule has 1 aliphatic rings. The van der Waals surface area contributed by atoms with Crippen LogP contribution in [0, 0.1) is 17.6 Å². The molecule has 1 saturated carbocycles. The van der Waals surface area contributed by atoms with Gasteiger partial charge in [0.05, 0.1) is 0 Å². The van der Waals surface area contributed by atoms with Crippen molar-refractivity contribution in [1.82, 2.24) is 0 Å². The average molecular weight is 211 g/mol. The molecular formula is C12H15F2N. The lowest BCUT2D eigenvalue weighted by Gasteiger charge is -2.11. The number of nitrogens with two attached hydrogens (primary N) is 1. The molecule has 82 valence electrons. The fourth-order valence-electron chi connectivity index (χ4n) is 1.83. The molecule has 2 N–H and O–H groups in total. The Morgan fingerprint density at radius 1 is 1.33 bits per heavy atom. The topological polar surface area (TPSA) is 26.0 Å². The van der Waals surface area contributed by atoms with Crippen molar-refractivity contribution in [3.8, 4) is 0 Å². The van der Waals surface area contributed by atoms with Crippen molar-refractivity contribution in [2.75, 3.05) is 0 Å². The van der Waals surface area contributed by atoms with Gasteiger partial charge in [-0.25, -0.2) is 8.78 Å². The summed E-state index contributed by atoms with van der Waals surface area (Å²) in [5.41, 5.74) is 6.41. The molecule has 0 saturated heterocycles. The fraction of sp³-hybridized carbons (Fsp3) is 0.500. The van der Waals surface area contributed by atoms with E-state index < -0.39 is 11.6 Å². The van der Waals surface area contributed by atoms with Crippen LogP contribution in [0.15, 0.2) is 18.2 Å². The zero-order valence-electron chi connectivity index (χ0n) is 8.55. The fourth-order valence-corrected chi connectivity index (χ4v) is 1.83. The van der Waals surface area contributed by atoms with Gasteiger partial charge in [0.25, 0.3) is 0 Å². The minimum atomic E-state index is -0.535. The van der Waals surface area contributed by atoms with Crippen LogP contribution < -0.4 is 5.73 Å². The summed E-state index contributed by atoms with van der Waals surface area (Å²) in [6.07, 6.45) is 3.96. The molecular weight excluding hydrogens is 196 g/mol. The summed E-state index contributed by atoms with van der Waals surface area (Å²) in [7, 11) is 0. The summed E-state index contributed by atoms with van der Waals surface area (Å²) in [5, 5.41) is 0. The first-order valence-corrected chi connectivity index (χ1v) is 5.34. The van der Waals surface area contributed by atoms with E-state index in [2.05, 4.69) is 0 Å².